The summed E-state index contributed by atoms with van der Waals surface area (Å²) in [7, 11) is 0. The van der Waals surface area contributed by atoms with Crippen LogP contribution in [0, 0.1) is 5.92 Å². The largest absolute Gasteiger partial charge is 0.388 e. The van der Waals surface area contributed by atoms with Gasteiger partial charge in [-0.2, -0.15) is 0 Å². The van der Waals surface area contributed by atoms with Crippen molar-refractivity contribution in [1.82, 2.24) is 0 Å². The summed E-state index contributed by atoms with van der Waals surface area (Å²) < 4.78 is 0. The number of rotatable bonds is 2. The van der Waals surface area contributed by atoms with E-state index in [1.165, 1.54) is 76.2 Å². The molecule has 1 heteroatoms. The van der Waals surface area contributed by atoms with E-state index in [9.17, 15) is 5.11 Å². The van der Waals surface area contributed by atoms with Gasteiger partial charge in [0.05, 0.1) is 6.10 Å². The highest BCUT2D eigenvalue weighted by atomic mass is 16.3. The lowest BCUT2D eigenvalue weighted by Crippen LogP contribution is -2.23. The highest BCUT2D eigenvalue weighted by Gasteiger charge is 2.23. The molecule has 1 nitrogen and oxygen atoms in total. The van der Waals surface area contributed by atoms with E-state index in [2.05, 4.69) is 6.08 Å². The van der Waals surface area contributed by atoms with Gasteiger partial charge in [-0.15, -0.1) is 0 Å². The van der Waals surface area contributed by atoms with Crippen molar-refractivity contribution < 1.29 is 5.11 Å². The molecule has 1 atom stereocenters. The molecule has 1 unspecified atom stereocenters. The smallest absolute Gasteiger partial charge is 0.0778 e. The van der Waals surface area contributed by atoms with Gasteiger partial charge in [-0.05, 0) is 50.0 Å². The van der Waals surface area contributed by atoms with Crippen LogP contribution in [0.1, 0.15) is 77.0 Å². The Kier molecular flexibility index (Phi) is 5.57. The molecule has 0 heterocycles. The van der Waals surface area contributed by atoms with Crippen LogP contribution in [0.25, 0.3) is 0 Å². The van der Waals surface area contributed by atoms with E-state index in [4.69, 9.17) is 0 Å². The van der Waals surface area contributed by atoms with E-state index in [0.29, 0.717) is 5.92 Å². The summed E-state index contributed by atoms with van der Waals surface area (Å²) in [6, 6.07) is 0. The lowest BCUT2D eigenvalue weighted by atomic mass is 9.83. The van der Waals surface area contributed by atoms with Gasteiger partial charge in [0.15, 0.2) is 0 Å². The van der Waals surface area contributed by atoms with Crippen molar-refractivity contribution in [2.75, 3.05) is 0 Å². The molecule has 1 saturated carbocycles. The normalized spacial score (nSPS) is 26.5. The maximum atomic E-state index is 10.6. The average molecular weight is 236 g/mol. The Balaban J connectivity index is 1.91. The molecule has 0 aliphatic heterocycles. The Morgan fingerprint density at radius 1 is 0.882 bits per heavy atom. The Bertz CT molecular complexity index is 236. The van der Waals surface area contributed by atoms with E-state index in [1.54, 1.807) is 0 Å². The maximum absolute atomic E-state index is 10.6. The molecular formula is C16H28O. The van der Waals surface area contributed by atoms with Gasteiger partial charge in [-0.3, -0.25) is 0 Å². The molecule has 2 aliphatic rings. The summed E-state index contributed by atoms with van der Waals surface area (Å²) in [5.74, 6) is 0.555. The predicted molar refractivity (Wildman–Crippen MR) is 73.0 cm³/mol. The molecule has 0 aromatic heterocycles. The summed E-state index contributed by atoms with van der Waals surface area (Å²) >= 11 is 0. The van der Waals surface area contributed by atoms with E-state index in [0.717, 1.165) is 6.42 Å². The lowest BCUT2D eigenvalue weighted by molar-refractivity contribution is 0.119. The molecule has 0 aromatic carbocycles. The van der Waals surface area contributed by atoms with Crippen molar-refractivity contribution in [1.29, 1.82) is 0 Å². The van der Waals surface area contributed by atoms with Crippen LogP contribution in [-0.4, -0.2) is 11.2 Å². The van der Waals surface area contributed by atoms with Crippen LogP contribution in [0.15, 0.2) is 11.6 Å². The van der Waals surface area contributed by atoms with Crippen LogP contribution in [0.3, 0.4) is 0 Å². The molecule has 2 aliphatic carbocycles. The van der Waals surface area contributed by atoms with Gasteiger partial charge < -0.3 is 5.11 Å². The van der Waals surface area contributed by atoms with Gasteiger partial charge in [0.1, 0.15) is 0 Å². The van der Waals surface area contributed by atoms with Gasteiger partial charge >= 0.3 is 0 Å². The molecule has 0 aromatic rings. The van der Waals surface area contributed by atoms with Crippen molar-refractivity contribution in [3.05, 3.63) is 11.6 Å². The van der Waals surface area contributed by atoms with E-state index < -0.39 is 0 Å². The molecule has 17 heavy (non-hydrogen) atoms. The van der Waals surface area contributed by atoms with Crippen LogP contribution in [0.5, 0.6) is 0 Å². The summed E-state index contributed by atoms with van der Waals surface area (Å²) in [6.45, 7) is 0. The number of allylic oxidation sites excluding steroid dienone is 1. The molecule has 0 bridgehead atoms. The summed E-state index contributed by atoms with van der Waals surface area (Å²) in [6.07, 6.45) is 17.8. The minimum absolute atomic E-state index is 0.119. The first-order valence-corrected chi connectivity index (χ1v) is 7.75. The molecule has 98 valence electrons. The third-order valence-corrected chi connectivity index (χ3v) is 4.55. The fourth-order valence-electron chi connectivity index (χ4n) is 3.41. The molecule has 0 radical (unpaired) electrons. The highest BCUT2D eigenvalue weighted by molar-refractivity contribution is 5.11. The fraction of sp³-hybridized carbons (Fsp3) is 0.875. The monoisotopic (exact) mass is 236 g/mol. The minimum atomic E-state index is -0.119. The summed E-state index contributed by atoms with van der Waals surface area (Å²) in [5.41, 5.74) is 1.37. The zero-order valence-electron chi connectivity index (χ0n) is 11.2. The Hall–Kier alpha value is -0.300. The van der Waals surface area contributed by atoms with Crippen molar-refractivity contribution in [2.24, 2.45) is 5.92 Å². The molecule has 0 amide bonds. The third-order valence-electron chi connectivity index (χ3n) is 4.55. The first-order chi connectivity index (χ1) is 8.38. The molecule has 0 spiro atoms. The van der Waals surface area contributed by atoms with E-state index >= 15 is 0 Å². The quantitative estimate of drug-likeness (QED) is 0.695. The van der Waals surface area contributed by atoms with Gasteiger partial charge in [-0.25, -0.2) is 0 Å². The topological polar surface area (TPSA) is 20.2 Å². The van der Waals surface area contributed by atoms with Gasteiger partial charge in [-0.1, -0.05) is 44.6 Å². The number of aliphatic hydroxyl groups excluding tert-OH is 1. The standard InChI is InChI=1S/C16H28O/c17-16(15-12-8-4-5-9-13-15)14-10-6-2-1-3-7-11-14/h12,14,16-17H,1-11,13H2. The van der Waals surface area contributed by atoms with Crippen LogP contribution in [-0.2, 0) is 0 Å². The van der Waals surface area contributed by atoms with E-state index in [1.807, 2.05) is 0 Å². The zero-order chi connectivity index (χ0) is 11.9. The van der Waals surface area contributed by atoms with Crippen LogP contribution in [0.2, 0.25) is 0 Å². The Labute approximate surface area is 106 Å². The van der Waals surface area contributed by atoms with Crippen LogP contribution >= 0.6 is 0 Å². The Morgan fingerprint density at radius 2 is 1.53 bits per heavy atom. The molecular weight excluding hydrogens is 208 g/mol. The molecule has 1 fully saturated rings. The summed E-state index contributed by atoms with van der Waals surface area (Å²) in [4.78, 5) is 0. The molecule has 1 N–H and O–H groups in total. The van der Waals surface area contributed by atoms with Crippen LogP contribution < -0.4 is 0 Å². The second-order valence-electron chi connectivity index (χ2n) is 5.93. The first-order valence-electron chi connectivity index (χ1n) is 7.75. The van der Waals surface area contributed by atoms with Crippen molar-refractivity contribution >= 4 is 0 Å². The first kappa shape index (κ1) is 13.1. The van der Waals surface area contributed by atoms with Crippen molar-refractivity contribution in [3.8, 4) is 0 Å². The highest BCUT2D eigenvalue weighted by Crippen LogP contribution is 2.31. The number of hydrogen-bond donors (Lipinski definition) is 1. The predicted octanol–water partition coefficient (Wildman–Crippen LogP) is 4.60. The SMILES string of the molecule is OC(C1=CCCCCC1)C1CCCCCCC1. The van der Waals surface area contributed by atoms with E-state index in [-0.39, 0.29) is 6.10 Å². The fourth-order valence-corrected chi connectivity index (χ4v) is 3.41. The van der Waals surface area contributed by atoms with Gasteiger partial charge in [0, 0.05) is 0 Å². The average Bonchev–Trinajstić information content (AvgIpc) is 2.56. The maximum Gasteiger partial charge on any atom is 0.0778 e. The number of aliphatic hydroxyl groups is 1. The molecule has 0 saturated heterocycles. The Morgan fingerprint density at radius 3 is 2.29 bits per heavy atom. The van der Waals surface area contributed by atoms with Crippen molar-refractivity contribution in [2.45, 2.75) is 83.2 Å². The summed E-state index contributed by atoms with van der Waals surface area (Å²) in [5, 5.41) is 10.6. The molecule has 2 rings (SSSR count). The van der Waals surface area contributed by atoms with Crippen LogP contribution in [0.4, 0.5) is 0 Å². The van der Waals surface area contributed by atoms with Gasteiger partial charge in [0.25, 0.3) is 0 Å². The number of hydrogen-bond acceptors (Lipinski definition) is 1. The lowest BCUT2D eigenvalue weighted by Gasteiger charge is -2.26. The second-order valence-corrected chi connectivity index (χ2v) is 5.93. The van der Waals surface area contributed by atoms with Gasteiger partial charge in [0.2, 0.25) is 0 Å². The van der Waals surface area contributed by atoms with Crippen molar-refractivity contribution in [3.63, 3.8) is 0 Å². The zero-order valence-corrected chi connectivity index (χ0v) is 11.2. The third kappa shape index (κ3) is 4.13. The minimum Gasteiger partial charge on any atom is -0.388 e. The second kappa shape index (κ2) is 7.20.